The number of halogens is 1. The van der Waals surface area contributed by atoms with E-state index in [2.05, 4.69) is 19.9 Å². The molecular weight excluding hydrogens is 397 g/mol. The Labute approximate surface area is 164 Å². The first-order chi connectivity index (χ1) is 13.9. The molecule has 4 rings (SSSR count). The van der Waals surface area contributed by atoms with E-state index in [9.17, 15) is 12.8 Å². The molecule has 10 heteroatoms. The maximum absolute atomic E-state index is 13.0. The van der Waals surface area contributed by atoms with Crippen molar-refractivity contribution in [1.82, 2.24) is 15.2 Å². The van der Waals surface area contributed by atoms with Gasteiger partial charge in [-0.2, -0.15) is 5.26 Å². The Hall–Kier alpha value is -3.97. The van der Waals surface area contributed by atoms with Crippen molar-refractivity contribution < 1.29 is 17.2 Å². The molecule has 2 aromatic carbocycles. The molecule has 0 aliphatic rings. The standard InChI is InChI=1S/C19H12FN5O3S/c20-14-5-3-13(4-6-14)18-23-24-19(28-18)17-9-16(11-22-17)29(26,27)25-15-7-1-12(10-21)2-8-15/h1-9,11,22,25H. The van der Waals surface area contributed by atoms with E-state index in [1.807, 2.05) is 6.07 Å². The fourth-order valence-corrected chi connectivity index (χ4v) is 3.57. The number of sulfonamides is 1. The van der Waals surface area contributed by atoms with Crippen LogP contribution < -0.4 is 4.72 Å². The molecule has 0 aliphatic heterocycles. The monoisotopic (exact) mass is 409 g/mol. The smallest absolute Gasteiger partial charge is 0.264 e. The number of anilines is 1. The molecule has 0 bridgehead atoms. The number of hydrogen-bond acceptors (Lipinski definition) is 6. The van der Waals surface area contributed by atoms with E-state index in [0.29, 0.717) is 22.5 Å². The molecule has 8 nitrogen and oxygen atoms in total. The zero-order chi connectivity index (χ0) is 20.4. The van der Waals surface area contributed by atoms with Crippen LogP contribution in [0.15, 0.2) is 70.1 Å². The minimum Gasteiger partial charge on any atom is -0.415 e. The Morgan fingerprint density at radius 2 is 1.72 bits per heavy atom. The first-order valence-corrected chi connectivity index (χ1v) is 9.74. The molecule has 0 unspecified atom stereocenters. The number of nitrogens with zero attached hydrogens (tertiary/aromatic N) is 3. The van der Waals surface area contributed by atoms with Gasteiger partial charge in [0, 0.05) is 17.4 Å². The molecule has 2 N–H and O–H groups in total. The number of benzene rings is 2. The van der Waals surface area contributed by atoms with E-state index in [-0.39, 0.29) is 22.5 Å². The molecule has 0 spiro atoms. The Morgan fingerprint density at radius 3 is 2.41 bits per heavy atom. The lowest BCUT2D eigenvalue weighted by Crippen LogP contribution is -2.12. The fraction of sp³-hybridized carbons (Fsp3) is 0. The molecule has 29 heavy (non-hydrogen) atoms. The maximum Gasteiger partial charge on any atom is 0.264 e. The predicted octanol–water partition coefficient (Wildman–Crippen LogP) is 3.54. The number of nitriles is 1. The van der Waals surface area contributed by atoms with Crippen LogP contribution >= 0.6 is 0 Å². The minimum absolute atomic E-state index is 0.0293. The Balaban J connectivity index is 1.56. The minimum atomic E-state index is -3.87. The summed E-state index contributed by atoms with van der Waals surface area (Å²) < 4.78 is 46.1. The average Bonchev–Trinajstić information content (AvgIpc) is 3.39. The van der Waals surface area contributed by atoms with Crippen LogP contribution in [0.25, 0.3) is 23.0 Å². The lowest BCUT2D eigenvalue weighted by molar-refractivity contribution is 0.582. The Morgan fingerprint density at radius 1 is 1.03 bits per heavy atom. The third kappa shape index (κ3) is 3.85. The second kappa shape index (κ2) is 7.21. The molecule has 0 radical (unpaired) electrons. The van der Waals surface area contributed by atoms with Crippen LogP contribution in [0, 0.1) is 17.1 Å². The first kappa shape index (κ1) is 18.4. The van der Waals surface area contributed by atoms with Crippen molar-refractivity contribution in [2.45, 2.75) is 4.90 Å². The first-order valence-electron chi connectivity index (χ1n) is 8.26. The van der Waals surface area contributed by atoms with Crippen LogP contribution in [-0.4, -0.2) is 23.6 Å². The van der Waals surface area contributed by atoms with Gasteiger partial charge in [-0.1, -0.05) is 0 Å². The molecule has 0 aliphatic carbocycles. The fourth-order valence-electron chi connectivity index (χ4n) is 2.52. The highest BCUT2D eigenvalue weighted by Gasteiger charge is 2.19. The van der Waals surface area contributed by atoms with Crippen molar-refractivity contribution in [3.63, 3.8) is 0 Å². The zero-order valence-corrected chi connectivity index (χ0v) is 15.4. The molecular formula is C19H12FN5O3S. The van der Waals surface area contributed by atoms with E-state index in [1.54, 1.807) is 0 Å². The summed E-state index contributed by atoms with van der Waals surface area (Å²) in [5.41, 5.74) is 1.59. The van der Waals surface area contributed by atoms with Crippen LogP contribution in [0.3, 0.4) is 0 Å². The third-order valence-corrected chi connectivity index (χ3v) is 5.34. The molecule has 0 atom stereocenters. The number of rotatable bonds is 5. The molecule has 2 heterocycles. The summed E-state index contributed by atoms with van der Waals surface area (Å²) in [4.78, 5) is 2.76. The lowest BCUT2D eigenvalue weighted by atomic mass is 10.2. The summed E-state index contributed by atoms with van der Waals surface area (Å²) in [6, 6.07) is 14.9. The molecule has 0 amide bonds. The van der Waals surface area contributed by atoms with Crippen LogP contribution in [0.4, 0.5) is 10.1 Å². The highest BCUT2D eigenvalue weighted by Crippen LogP contribution is 2.26. The highest BCUT2D eigenvalue weighted by atomic mass is 32.2. The van der Waals surface area contributed by atoms with Gasteiger partial charge in [0.15, 0.2) is 0 Å². The maximum atomic E-state index is 13.0. The third-order valence-electron chi connectivity index (χ3n) is 3.98. The Kier molecular flexibility index (Phi) is 4.58. The summed E-state index contributed by atoms with van der Waals surface area (Å²) in [5.74, 6) is -0.124. The number of aromatic amines is 1. The van der Waals surface area contributed by atoms with Crippen molar-refractivity contribution in [3.05, 3.63) is 72.2 Å². The number of nitrogens with one attached hydrogen (secondary N) is 2. The number of hydrogen-bond donors (Lipinski definition) is 2. The molecule has 0 saturated heterocycles. The van der Waals surface area contributed by atoms with Crippen molar-refractivity contribution in [2.75, 3.05) is 4.72 Å². The van der Waals surface area contributed by atoms with Crippen molar-refractivity contribution >= 4 is 15.7 Å². The quantitative estimate of drug-likeness (QED) is 0.519. The SMILES string of the molecule is N#Cc1ccc(NS(=O)(=O)c2c[nH]c(-c3nnc(-c4ccc(F)cc4)o3)c2)cc1. The van der Waals surface area contributed by atoms with E-state index >= 15 is 0 Å². The zero-order valence-electron chi connectivity index (χ0n) is 14.6. The van der Waals surface area contributed by atoms with Crippen molar-refractivity contribution in [1.29, 1.82) is 5.26 Å². The van der Waals surface area contributed by atoms with Crippen LogP contribution in [0.5, 0.6) is 0 Å². The highest BCUT2D eigenvalue weighted by molar-refractivity contribution is 7.92. The average molecular weight is 409 g/mol. The van der Waals surface area contributed by atoms with Crippen LogP contribution in [-0.2, 0) is 10.0 Å². The molecule has 144 valence electrons. The molecule has 0 saturated carbocycles. The van der Waals surface area contributed by atoms with Crippen LogP contribution in [0.2, 0.25) is 0 Å². The van der Waals surface area contributed by atoms with Crippen molar-refractivity contribution in [2.24, 2.45) is 0 Å². The van der Waals surface area contributed by atoms with Gasteiger partial charge in [0.05, 0.1) is 11.6 Å². The number of H-pyrrole nitrogens is 1. The van der Waals surface area contributed by atoms with Crippen molar-refractivity contribution in [3.8, 4) is 29.1 Å². The largest absolute Gasteiger partial charge is 0.415 e. The lowest BCUT2D eigenvalue weighted by Gasteiger charge is -2.05. The second-order valence-corrected chi connectivity index (χ2v) is 7.65. The van der Waals surface area contributed by atoms with Gasteiger partial charge in [-0.15, -0.1) is 10.2 Å². The van der Waals surface area contributed by atoms with E-state index < -0.39 is 10.0 Å². The topological polar surface area (TPSA) is 125 Å². The van der Waals surface area contributed by atoms with Gasteiger partial charge in [-0.05, 0) is 54.6 Å². The normalized spacial score (nSPS) is 11.2. The predicted molar refractivity (Wildman–Crippen MR) is 101 cm³/mol. The van der Waals surface area contributed by atoms with Gasteiger partial charge in [0.2, 0.25) is 5.89 Å². The van der Waals surface area contributed by atoms with Crippen LogP contribution in [0.1, 0.15) is 5.56 Å². The summed E-state index contributed by atoms with van der Waals surface area (Å²) in [6.45, 7) is 0. The van der Waals surface area contributed by atoms with Gasteiger partial charge < -0.3 is 9.40 Å². The Bertz CT molecular complexity index is 1300. The molecule has 4 aromatic rings. The second-order valence-electron chi connectivity index (χ2n) is 5.96. The summed E-state index contributed by atoms with van der Waals surface area (Å²) >= 11 is 0. The van der Waals surface area contributed by atoms with Gasteiger partial charge in [-0.25, -0.2) is 12.8 Å². The van der Waals surface area contributed by atoms with E-state index in [4.69, 9.17) is 9.68 Å². The van der Waals surface area contributed by atoms with Gasteiger partial charge in [-0.3, -0.25) is 4.72 Å². The number of aromatic nitrogens is 3. The van der Waals surface area contributed by atoms with Gasteiger partial charge in [0.25, 0.3) is 15.9 Å². The summed E-state index contributed by atoms with van der Waals surface area (Å²) in [5, 5.41) is 16.6. The molecule has 0 fully saturated rings. The molecule has 2 aromatic heterocycles. The van der Waals surface area contributed by atoms with Gasteiger partial charge in [0.1, 0.15) is 16.4 Å². The van der Waals surface area contributed by atoms with Gasteiger partial charge >= 0.3 is 0 Å². The van der Waals surface area contributed by atoms with E-state index in [1.165, 1.54) is 60.8 Å². The van der Waals surface area contributed by atoms with E-state index in [0.717, 1.165) is 0 Å². The summed E-state index contributed by atoms with van der Waals surface area (Å²) in [7, 11) is -3.87. The summed E-state index contributed by atoms with van der Waals surface area (Å²) in [6.07, 6.45) is 1.29.